The Bertz CT molecular complexity index is 496. The molecule has 0 amide bonds. The summed E-state index contributed by atoms with van der Waals surface area (Å²) < 4.78 is 5.42. The molecule has 90 valence electrons. The molecule has 2 aromatic rings. The van der Waals surface area contributed by atoms with E-state index in [1.165, 1.54) is 0 Å². The van der Waals surface area contributed by atoms with E-state index in [0.717, 1.165) is 11.5 Å². The summed E-state index contributed by atoms with van der Waals surface area (Å²) in [5.74, 6) is 2.40. The second-order valence-electron chi connectivity index (χ2n) is 3.64. The molecular weight excluding hydrogens is 220 g/mol. The summed E-state index contributed by atoms with van der Waals surface area (Å²) in [4.78, 5) is 12.0. The highest BCUT2D eigenvalue weighted by Crippen LogP contribution is 2.12. The van der Waals surface area contributed by atoms with Crippen LogP contribution in [-0.2, 0) is 6.54 Å². The van der Waals surface area contributed by atoms with E-state index < -0.39 is 0 Å². The Labute approximate surface area is 98.3 Å². The van der Waals surface area contributed by atoms with Gasteiger partial charge in [-0.05, 0) is 13.8 Å². The van der Waals surface area contributed by atoms with Crippen molar-refractivity contribution in [1.29, 1.82) is 0 Å². The van der Waals surface area contributed by atoms with Gasteiger partial charge in [-0.25, -0.2) is 4.98 Å². The largest absolute Gasteiger partial charge is 0.444 e. The Morgan fingerprint density at radius 1 is 1.24 bits per heavy atom. The minimum atomic E-state index is 0.132. The fourth-order valence-electron chi connectivity index (χ4n) is 1.36. The van der Waals surface area contributed by atoms with Gasteiger partial charge in [-0.3, -0.25) is 0 Å². The van der Waals surface area contributed by atoms with Crippen LogP contribution in [0, 0.1) is 13.8 Å². The number of nitrogens with two attached hydrogens (primary N) is 2. The molecule has 0 unspecified atom stereocenters. The number of hydrogen-bond donors (Lipinski definition) is 3. The van der Waals surface area contributed by atoms with Gasteiger partial charge in [0, 0.05) is 6.07 Å². The fourth-order valence-corrected chi connectivity index (χ4v) is 1.36. The van der Waals surface area contributed by atoms with Gasteiger partial charge >= 0.3 is 0 Å². The molecule has 2 heterocycles. The predicted molar refractivity (Wildman–Crippen MR) is 64.2 cm³/mol. The van der Waals surface area contributed by atoms with E-state index >= 15 is 0 Å². The minimum absolute atomic E-state index is 0.132. The number of aryl methyl sites for hydroxylation is 2. The molecule has 0 aromatic carbocycles. The minimum Gasteiger partial charge on any atom is -0.444 e. The molecule has 17 heavy (non-hydrogen) atoms. The maximum Gasteiger partial charge on any atom is 0.223 e. The van der Waals surface area contributed by atoms with Crippen molar-refractivity contribution in [3.8, 4) is 0 Å². The highest BCUT2D eigenvalue weighted by atomic mass is 16.4. The topological polar surface area (TPSA) is 116 Å². The SMILES string of the molecule is Cc1nc(CNc2cc(N)nc(N)n2)oc1C. The molecule has 0 fully saturated rings. The van der Waals surface area contributed by atoms with Crippen LogP contribution in [0.3, 0.4) is 0 Å². The highest BCUT2D eigenvalue weighted by Gasteiger charge is 2.06. The van der Waals surface area contributed by atoms with Crippen LogP contribution in [0.4, 0.5) is 17.6 Å². The van der Waals surface area contributed by atoms with Crippen molar-refractivity contribution in [2.24, 2.45) is 0 Å². The summed E-state index contributed by atoms with van der Waals surface area (Å²) in [6.07, 6.45) is 0. The number of anilines is 3. The first-order valence-electron chi connectivity index (χ1n) is 5.11. The third-order valence-electron chi connectivity index (χ3n) is 2.26. The Kier molecular flexibility index (Phi) is 2.82. The monoisotopic (exact) mass is 234 g/mol. The van der Waals surface area contributed by atoms with Crippen LogP contribution in [0.1, 0.15) is 17.3 Å². The first-order valence-corrected chi connectivity index (χ1v) is 5.11. The van der Waals surface area contributed by atoms with Crippen molar-refractivity contribution in [2.75, 3.05) is 16.8 Å². The summed E-state index contributed by atoms with van der Waals surface area (Å²) >= 11 is 0. The summed E-state index contributed by atoms with van der Waals surface area (Å²) in [7, 11) is 0. The number of oxazole rings is 1. The lowest BCUT2D eigenvalue weighted by molar-refractivity contribution is 0.478. The molecule has 0 spiro atoms. The molecule has 0 radical (unpaired) electrons. The van der Waals surface area contributed by atoms with Crippen molar-refractivity contribution in [2.45, 2.75) is 20.4 Å². The van der Waals surface area contributed by atoms with E-state index in [1.54, 1.807) is 6.07 Å². The third-order valence-corrected chi connectivity index (χ3v) is 2.26. The first kappa shape index (κ1) is 11.2. The van der Waals surface area contributed by atoms with E-state index in [1.807, 2.05) is 13.8 Å². The summed E-state index contributed by atoms with van der Waals surface area (Å²) in [6, 6.07) is 1.60. The van der Waals surface area contributed by atoms with Gasteiger partial charge in [0.2, 0.25) is 11.8 Å². The van der Waals surface area contributed by atoms with Crippen LogP contribution < -0.4 is 16.8 Å². The Morgan fingerprint density at radius 2 is 2.00 bits per heavy atom. The third kappa shape index (κ3) is 2.63. The lowest BCUT2D eigenvalue weighted by Gasteiger charge is -2.04. The molecule has 0 aliphatic heterocycles. The number of nitrogens with one attached hydrogen (secondary N) is 1. The number of hydrogen-bond acceptors (Lipinski definition) is 7. The number of nitrogens with zero attached hydrogens (tertiary/aromatic N) is 3. The molecule has 2 aromatic heterocycles. The molecule has 0 aliphatic carbocycles. The van der Waals surface area contributed by atoms with Crippen LogP contribution in [0.15, 0.2) is 10.5 Å². The summed E-state index contributed by atoms with van der Waals surface area (Å²) in [5, 5.41) is 3.02. The predicted octanol–water partition coefficient (Wildman–Crippen LogP) is 0.858. The molecule has 7 heteroatoms. The maximum atomic E-state index is 5.55. The highest BCUT2D eigenvalue weighted by molar-refractivity contribution is 5.48. The Morgan fingerprint density at radius 3 is 2.59 bits per heavy atom. The van der Waals surface area contributed by atoms with E-state index in [9.17, 15) is 0 Å². The lowest BCUT2D eigenvalue weighted by atomic mass is 10.4. The van der Waals surface area contributed by atoms with Crippen molar-refractivity contribution in [1.82, 2.24) is 15.0 Å². The van der Waals surface area contributed by atoms with Gasteiger partial charge in [0.25, 0.3) is 0 Å². The van der Waals surface area contributed by atoms with Crippen molar-refractivity contribution >= 4 is 17.6 Å². The van der Waals surface area contributed by atoms with Gasteiger partial charge in [-0.1, -0.05) is 0 Å². The van der Waals surface area contributed by atoms with Crippen LogP contribution in [0.2, 0.25) is 0 Å². The van der Waals surface area contributed by atoms with Gasteiger partial charge in [0.05, 0.1) is 12.2 Å². The zero-order valence-electron chi connectivity index (χ0n) is 9.69. The molecule has 7 nitrogen and oxygen atoms in total. The molecular formula is C10H14N6O. The second-order valence-corrected chi connectivity index (χ2v) is 3.64. The maximum absolute atomic E-state index is 5.55. The first-order chi connectivity index (χ1) is 8.04. The van der Waals surface area contributed by atoms with E-state index in [2.05, 4.69) is 20.3 Å². The normalized spacial score (nSPS) is 10.5. The molecule has 0 saturated heterocycles. The average molecular weight is 234 g/mol. The summed E-state index contributed by atoms with van der Waals surface area (Å²) in [5.41, 5.74) is 11.9. The van der Waals surface area contributed by atoms with Gasteiger partial charge in [0.15, 0.2) is 0 Å². The van der Waals surface area contributed by atoms with Crippen molar-refractivity contribution in [3.05, 3.63) is 23.4 Å². The smallest absolute Gasteiger partial charge is 0.223 e. The Hall–Kier alpha value is -2.31. The number of nitrogen functional groups attached to an aromatic ring is 2. The van der Waals surface area contributed by atoms with E-state index in [0.29, 0.717) is 24.1 Å². The number of aromatic nitrogens is 3. The van der Waals surface area contributed by atoms with Crippen LogP contribution >= 0.6 is 0 Å². The van der Waals surface area contributed by atoms with Gasteiger partial charge in [-0.15, -0.1) is 0 Å². The Balaban J connectivity index is 2.07. The van der Waals surface area contributed by atoms with Crippen LogP contribution in [-0.4, -0.2) is 15.0 Å². The van der Waals surface area contributed by atoms with Crippen LogP contribution in [0.25, 0.3) is 0 Å². The molecule has 0 atom stereocenters. The molecule has 2 rings (SSSR count). The number of rotatable bonds is 3. The van der Waals surface area contributed by atoms with Crippen molar-refractivity contribution < 1.29 is 4.42 Å². The van der Waals surface area contributed by atoms with E-state index in [-0.39, 0.29) is 5.95 Å². The molecule has 0 saturated carbocycles. The average Bonchev–Trinajstić information content (AvgIpc) is 2.54. The molecule has 5 N–H and O–H groups in total. The lowest BCUT2D eigenvalue weighted by Crippen LogP contribution is -2.06. The zero-order chi connectivity index (χ0) is 12.4. The standard InChI is InChI=1S/C10H14N6O/c1-5-6(2)17-9(14-5)4-13-8-3-7(11)15-10(12)16-8/h3H,4H2,1-2H3,(H5,11,12,13,15,16). The quantitative estimate of drug-likeness (QED) is 0.721. The van der Waals surface area contributed by atoms with Crippen molar-refractivity contribution in [3.63, 3.8) is 0 Å². The summed E-state index contributed by atoms with van der Waals surface area (Å²) in [6.45, 7) is 4.18. The van der Waals surface area contributed by atoms with E-state index in [4.69, 9.17) is 15.9 Å². The molecule has 0 bridgehead atoms. The zero-order valence-corrected chi connectivity index (χ0v) is 9.69. The fraction of sp³-hybridized carbons (Fsp3) is 0.300. The molecule has 0 aliphatic rings. The van der Waals surface area contributed by atoms with Gasteiger partial charge in [-0.2, -0.15) is 9.97 Å². The van der Waals surface area contributed by atoms with Crippen LogP contribution in [0.5, 0.6) is 0 Å². The van der Waals surface area contributed by atoms with Gasteiger partial charge < -0.3 is 21.2 Å². The van der Waals surface area contributed by atoms with Gasteiger partial charge in [0.1, 0.15) is 17.4 Å². The second kappa shape index (κ2) is 4.28.